The Kier molecular flexibility index (Phi) is 6.36. The van der Waals surface area contributed by atoms with E-state index in [-0.39, 0.29) is 11.8 Å². The number of hydrogen-bond donors (Lipinski definition) is 2. The Morgan fingerprint density at radius 3 is 2.68 bits per heavy atom. The molecular weight excluding hydrogens is 240 g/mol. The van der Waals surface area contributed by atoms with E-state index < -0.39 is 0 Å². The van der Waals surface area contributed by atoms with Gasteiger partial charge in [0.2, 0.25) is 5.91 Å². The molecule has 0 aliphatic carbocycles. The van der Waals surface area contributed by atoms with E-state index in [2.05, 4.69) is 18.3 Å². The van der Waals surface area contributed by atoms with Gasteiger partial charge in [-0.1, -0.05) is 26.0 Å². The molecule has 0 aliphatic rings. The number of hydrogen-bond acceptors (Lipinski definition) is 3. The lowest BCUT2D eigenvalue weighted by Gasteiger charge is -2.15. The first-order chi connectivity index (χ1) is 9.15. The van der Waals surface area contributed by atoms with Gasteiger partial charge in [-0.2, -0.15) is 0 Å². The minimum absolute atomic E-state index is 0.00829. The molecule has 1 atom stereocenters. The van der Waals surface area contributed by atoms with Crippen molar-refractivity contribution in [2.75, 3.05) is 13.7 Å². The van der Waals surface area contributed by atoms with E-state index in [4.69, 9.17) is 10.5 Å². The number of benzene rings is 1. The van der Waals surface area contributed by atoms with Crippen LogP contribution in [-0.2, 0) is 17.8 Å². The van der Waals surface area contributed by atoms with Crippen LogP contribution in [0.4, 0.5) is 0 Å². The highest BCUT2D eigenvalue weighted by atomic mass is 16.5. The first kappa shape index (κ1) is 15.5. The van der Waals surface area contributed by atoms with Crippen LogP contribution in [0.2, 0.25) is 0 Å². The predicted octanol–water partition coefficient (Wildman–Crippen LogP) is 1.86. The Bertz CT molecular complexity index is 415. The average Bonchev–Trinajstić information content (AvgIpc) is 2.45. The summed E-state index contributed by atoms with van der Waals surface area (Å²) in [4.78, 5) is 11.9. The standard InChI is InChI=1S/C15H24N2O2/c1-4-11-6-7-14(19-3)13(8-11)10-17-15(18)12(5-2)9-16/h6-8,12H,4-5,9-10,16H2,1-3H3,(H,17,18). The molecule has 1 amide bonds. The van der Waals surface area contributed by atoms with Gasteiger partial charge in [0.25, 0.3) is 0 Å². The van der Waals surface area contributed by atoms with Gasteiger partial charge in [0, 0.05) is 24.6 Å². The van der Waals surface area contributed by atoms with Crippen LogP contribution in [-0.4, -0.2) is 19.6 Å². The number of carbonyl (C=O) groups is 1. The van der Waals surface area contributed by atoms with Gasteiger partial charge in [-0.25, -0.2) is 0 Å². The molecule has 0 radical (unpaired) electrons. The number of nitrogens with two attached hydrogens (primary N) is 1. The van der Waals surface area contributed by atoms with E-state index in [9.17, 15) is 4.79 Å². The van der Waals surface area contributed by atoms with E-state index in [1.165, 1.54) is 5.56 Å². The van der Waals surface area contributed by atoms with Gasteiger partial charge in [0.1, 0.15) is 5.75 Å². The van der Waals surface area contributed by atoms with E-state index in [1.54, 1.807) is 7.11 Å². The minimum Gasteiger partial charge on any atom is -0.496 e. The van der Waals surface area contributed by atoms with Crippen LogP contribution in [0, 0.1) is 5.92 Å². The third kappa shape index (κ3) is 4.24. The highest BCUT2D eigenvalue weighted by Gasteiger charge is 2.14. The van der Waals surface area contributed by atoms with Crippen LogP contribution in [0.25, 0.3) is 0 Å². The summed E-state index contributed by atoms with van der Waals surface area (Å²) in [5.74, 6) is 0.701. The number of carbonyl (C=O) groups excluding carboxylic acids is 1. The van der Waals surface area contributed by atoms with Crippen molar-refractivity contribution in [2.24, 2.45) is 11.7 Å². The maximum atomic E-state index is 11.9. The van der Waals surface area contributed by atoms with Gasteiger partial charge >= 0.3 is 0 Å². The molecule has 106 valence electrons. The highest BCUT2D eigenvalue weighted by Crippen LogP contribution is 2.20. The molecule has 0 spiro atoms. The number of rotatable bonds is 7. The Hall–Kier alpha value is -1.55. The molecule has 0 fully saturated rings. The van der Waals surface area contributed by atoms with Crippen molar-refractivity contribution in [1.29, 1.82) is 0 Å². The van der Waals surface area contributed by atoms with Gasteiger partial charge < -0.3 is 15.8 Å². The summed E-state index contributed by atoms with van der Waals surface area (Å²) in [6.07, 6.45) is 1.72. The van der Waals surface area contributed by atoms with Gasteiger partial charge in [0.05, 0.1) is 7.11 Å². The monoisotopic (exact) mass is 264 g/mol. The Morgan fingerprint density at radius 2 is 2.16 bits per heavy atom. The lowest BCUT2D eigenvalue weighted by Crippen LogP contribution is -2.34. The molecule has 1 rings (SSSR count). The fraction of sp³-hybridized carbons (Fsp3) is 0.533. The Balaban J connectivity index is 2.73. The van der Waals surface area contributed by atoms with Gasteiger partial charge in [0.15, 0.2) is 0 Å². The molecule has 0 saturated heterocycles. The number of nitrogens with one attached hydrogen (secondary N) is 1. The van der Waals surface area contributed by atoms with Crippen molar-refractivity contribution in [3.63, 3.8) is 0 Å². The molecule has 4 heteroatoms. The van der Waals surface area contributed by atoms with Crippen molar-refractivity contribution in [1.82, 2.24) is 5.32 Å². The normalized spacial score (nSPS) is 12.0. The summed E-state index contributed by atoms with van der Waals surface area (Å²) < 4.78 is 5.31. The molecule has 0 saturated carbocycles. The lowest BCUT2D eigenvalue weighted by molar-refractivity contribution is -0.124. The largest absolute Gasteiger partial charge is 0.496 e. The molecular formula is C15H24N2O2. The molecule has 0 heterocycles. The molecule has 1 unspecified atom stereocenters. The van der Waals surface area contributed by atoms with Crippen molar-refractivity contribution >= 4 is 5.91 Å². The second-order valence-electron chi connectivity index (χ2n) is 4.56. The molecule has 1 aromatic rings. The van der Waals surface area contributed by atoms with Crippen LogP contribution < -0.4 is 15.8 Å². The maximum Gasteiger partial charge on any atom is 0.224 e. The van der Waals surface area contributed by atoms with Crippen LogP contribution >= 0.6 is 0 Å². The lowest BCUT2D eigenvalue weighted by atomic mass is 10.1. The zero-order chi connectivity index (χ0) is 14.3. The second kappa shape index (κ2) is 7.79. The summed E-state index contributed by atoms with van der Waals surface area (Å²) in [6, 6.07) is 6.06. The quantitative estimate of drug-likeness (QED) is 0.790. The van der Waals surface area contributed by atoms with E-state index >= 15 is 0 Å². The highest BCUT2D eigenvalue weighted by molar-refractivity contribution is 5.78. The summed E-state index contributed by atoms with van der Waals surface area (Å²) in [5, 5.41) is 2.93. The van der Waals surface area contributed by atoms with E-state index in [0.29, 0.717) is 13.1 Å². The summed E-state index contributed by atoms with van der Waals surface area (Å²) in [6.45, 7) is 4.93. The zero-order valence-electron chi connectivity index (χ0n) is 12.0. The maximum absolute atomic E-state index is 11.9. The summed E-state index contributed by atoms with van der Waals surface area (Å²) in [7, 11) is 1.64. The SMILES string of the molecule is CCc1ccc(OC)c(CNC(=O)C(CC)CN)c1. The first-order valence-electron chi connectivity index (χ1n) is 6.79. The average molecular weight is 264 g/mol. The molecule has 0 bridgehead atoms. The van der Waals surface area contributed by atoms with Gasteiger partial charge in [-0.05, 0) is 24.5 Å². The zero-order valence-corrected chi connectivity index (χ0v) is 12.0. The van der Waals surface area contributed by atoms with Crippen molar-refractivity contribution in [3.8, 4) is 5.75 Å². The molecule has 3 N–H and O–H groups in total. The van der Waals surface area contributed by atoms with Crippen LogP contribution in [0.1, 0.15) is 31.4 Å². The topological polar surface area (TPSA) is 64.3 Å². The number of methoxy groups -OCH3 is 1. The third-order valence-electron chi connectivity index (χ3n) is 3.35. The van der Waals surface area contributed by atoms with E-state index in [0.717, 1.165) is 24.2 Å². The van der Waals surface area contributed by atoms with E-state index in [1.807, 2.05) is 19.1 Å². The number of ether oxygens (including phenoxy) is 1. The van der Waals surface area contributed by atoms with Crippen molar-refractivity contribution in [3.05, 3.63) is 29.3 Å². The van der Waals surface area contributed by atoms with Crippen LogP contribution in [0.15, 0.2) is 18.2 Å². The summed E-state index contributed by atoms with van der Waals surface area (Å²) >= 11 is 0. The summed E-state index contributed by atoms with van der Waals surface area (Å²) in [5.41, 5.74) is 7.80. The van der Waals surface area contributed by atoms with Crippen LogP contribution in [0.3, 0.4) is 0 Å². The molecule has 0 aliphatic heterocycles. The smallest absolute Gasteiger partial charge is 0.224 e. The molecule has 19 heavy (non-hydrogen) atoms. The third-order valence-corrected chi connectivity index (χ3v) is 3.35. The Morgan fingerprint density at radius 1 is 1.42 bits per heavy atom. The molecule has 0 aromatic heterocycles. The van der Waals surface area contributed by atoms with Crippen LogP contribution in [0.5, 0.6) is 5.75 Å². The molecule has 1 aromatic carbocycles. The van der Waals surface area contributed by atoms with Crippen molar-refractivity contribution in [2.45, 2.75) is 33.2 Å². The van der Waals surface area contributed by atoms with Gasteiger partial charge in [-0.15, -0.1) is 0 Å². The number of amides is 1. The number of aryl methyl sites for hydroxylation is 1. The van der Waals surface area contributed by atoms with Gasteiger partial charge in [-0.3, -0.25) is 4.79 Å². The fourth-order valence-electron chi connectivity index (χ4n) is 1.98. The predicted molar refractivity (Wildman–Crippen MR) is 77.1 cm³/mol. The first-order valence-corrected chi connectivity index (χ1v) is 6.79. The Labute approximate surface area is 115 Å². The van der Waals surface area contributed by atoms with Crippen molar-refractivity contribution < 1.29 is 9.53 Å². The second-order valence-corrected chi connectivity index (χ2v) is 4.56. The minimum atomic E-state index is -0.111. The molecule has 4 nitrogen and oxygen atoms in total. The fourth-order valence-corrected chi connectivity index (χ4v) is 1.98.